The van der Waals surface area contributed by atoms with Crippen LogP contribution in [0.1, 0.15) is 34.1 Å². The van der Waals surface area contributed by atoms with Crippen molar-refractivity contribution in [3.05, 3.63) is 24.7 Å². The summed E-state index contributed by atoms with van der Waals surface area (Å²) in [5, 5.41) is 3.04. The highest BCUT2D eigenvalue weighted by Crippen LogP contribution is 2.37. The van der Waals surface area contributed by atoms with E-state index in [0.717, 1.165) is 5.46 Å². The maximum absolute atomic E-state index is 12.3. The molecule has 9 heteroatoms. The average molecular weight is 368 g/mol. The largest absolute Gasteiger partial charge is 0.497 e. The SMILES string of the molecule is CC1(C)OB(c2ccc(N3CCC(=O)NC3=O)c3cncnc23)OC1(C)C. The van der Waals surface area contributed by atoms with Gasteiger partial charge in [-0.3, -0.25) is 15.0 Å². The average Bonchev–Trinajstić information content (AvgIpc) is 2.82. The van der Waals surface area contributed by atoms with Crippen molar-refractivity contribution in [3.63, 3.8) is 0 Å². The first-order valence-electron chi connectivity index (χ1n) is 8.89. The molecule has 0 radical (unpaired) electrons. The topological polar surface area (TPSA) is 93.7 Å². The van der Waals surface area contributed by atoms with Gasteiger partial charge in [0.15, 0.2) is 0 Å². The third-order valence-electron chi connectivity index (χ3n) is 5.53. The molecule has 4 rings (SSSR count). The first-order chi connectivity index (χ1) is 12.7. The molecule has 3 heterocycles. The third kappa shape index (κ3) is 2.87. The Hall–Kier alpha value is -2.52. The minimum absolute atomic E-state index is 0.250. The van der Waals surface area contributed by atoms with Gasteiger partial charge in [0.25, 0.3) is 0 Å². The maximum Gasteiger partial charge on any atom is 0.497 e. The van der Waals surface area contributed by atoms with Crippen molar-refractivity contribution in [2.45, 2.75) is 45.3 Å². The Bertz CT molecular complexity index is 930. The molecule has 0 unspecified atom stereocenters. The summed E-state index contributed by atoms with van der Waals surface area (Å²) in [6.45, 7) is 8.28. The summed E-state index contributed by atoms with van der Waals surface area (Å²) in [7, 11) is -0.571. The van der Waals surface area contributed by atoms with Gasteiger partial charge in [-0.05, 0) is 33.8 Å². The lowest BCUT2D eigenvalue weighted by Gasteiger charge is -2.32. The number of imide groups is 1. The molecule has 1 N–H and O–H groups in total. The summed E-state index contributed by atoms with van der Waals surface area (Å²) >= 11 is 0. The lowest BCUT2D eigenvalue weighted by atomic mass is 9.77. The molecule has 3 amide bonds. The highest BCUT2D eigenvalue weighted by Gasteiger charge is 2.52. The van der Waals surface area contributed by atoms with Crippen LogP contribution < -0.4 is 15.7 Å². The van der Waals surface area contributed by atoms with E-state index in [9.17, 15) is 9.59 Å². The normalized spacial score (nSPS) is 21.6. The van der Waals surface area contributed by atoms with Gasteiger partial charge in [-0.1, -0.05) is 6.07 Å². The Balaban J connectivity index is 1.78. The van der Waals surface area contributed by atoms with Crippen molar-refractivity contribution in [1.82, 2.24) is 15.3 Å². The van der Waals surface area contributed by atoms with Crippen LogP contribution in [0.2, 0.25) is 0 Å². The zero-order chi connectivity index (χ0) is 19.4. The van der Waals surface area contributed by atoms with Gasteiger partial charge in [0, 0.05) is 30.0 Å². The Morgan fingerprint density at radius 3 is 2.52 bits per heavy atom. The Labute approximate surface area is 157 Å². The molecule has 140 valence electrons. The number of anilines is 1. The van der Waals surface area contributed by atoms with Gasteiger partial charge in [0.05, 0.1) is 22.4 Å². The smallest absolute Gasteiger partial charge is 0.399 e. The van der Waals surface area contributed by atoms with E-state index in [4.69, 9.17) is 9.31 Å². The standard InChI is InChI=1S/C18H21BN4O4/c1-17(2)18(3,4)27-19(26-17)12-5-6-13(11-9-20-10-21-15(11)12)23-8-7-14(24)22-16(23)25/h5-6,9-10H,7-8H2,1-4H3,(H,22,24,25). The second-order valence-electron chi connectivity index (χ2n) is 7.80. The first kappa shape index (κ1) is 17.9. The van der Waals surface area contributed by atoms with Crippen LogP contribution in [0.5, 0.6) is 0 Å². The summed E-state index contributed by atoms with van der Waals surface area (Å²) < 4.78 is 12.3. The van der Waals surface area contributed by atoms with E-state index < -0.39 is 24.4 Å². The van der Waals surface area contributed by atoms with Gasteiger partial charge >= 0.3 is 13.1 Å². The monoisotopic (exact) mass is 368 g/mol. The number of fused-ring (bicyclic) bond motifs is 1. The molecule has 1 aromatic carbocycles. The van der Waals surface area contributed by atoms with Crippen molar-refractivity contribution >= 4 is 41.1 Å². The van der Waals surface area contributed by atoms with Gasteiger partial charge in [-0.15, -0.1) is 0 Å². The first-order valence-corrected chi connectivity index (χ1v) is 8.89. The van der Waals surface area contributed by atoms with Gasteiger partial charge in [0.2, 0.25) is 5.91 Å². The number of carbonyl (C=O) groups is 2. The van der Waals surface area contributed by atoms with E-state index in [1.165, 1.54) is 11.2 Å². The Morgan fingerprint density at radius 1 is 1.15 bits per heavy atom. The van der Waals surface area contributed by atoms with Gasteiger partial charge in [-0.25, -0.2) is 14.8 Å². The molecular formula is C18H21BN4O4. The highest BCUT2D eigenvalue weighted by atomic mass is 16.7. The minimum Gasteiger partial charge on any atom is -0.399 e. The number of nitrogens with zero attached hydrogens (tertiary/aromatic N) is 3. The van der Waals surface area contributed by atoms with Crippen LogP contribution >= 0.6 is 0 Å². The highest BCUT2D eigenvalue weighted by molar-refractivity contribution is 6.65. The third-order valence-corrected chi connectivity index (χ3v) is 5.53. The number of benzene rings is 1. The van der Waals surface area contributed by atoms with Crippen molar-refractivity contribution in [2.24, 2.45) is 0 Å². The van der Waals surface area contributed by atoms with E-state index in [0.29, 0.717) is 23.1 Å². The van der Waals surface area contributed by atoms with Crippen molar-refractivity contribution in [2.75, 3.05) is 11.4 Å². The molecule has 0 saturated carbocycles. The summed E-state index contributed by atoms with van der Waals surface area (Å²) in [5.74, 6) is -0.273. The van der Waals surface area contributed by atoms with Crippen LogP contribution in [-0.4, -0.2) is 46.8 Å². The predicted octanol–water partition coefficient (Wildman–Crippen LogP) is 1.38. The Morgan fingerprint density at radius 2 is 1.85 bits per heavy atom. The molecule has 0 bridgehead atoms. The summed E-state index contributed by atoms with van der Waals surface area (Å²) in [5.41, 5.74) is 1.15. The molecule has 0 spiro atoms. The molecule has 0 atom stereocenters. The number of amides is 3. The maximum atomic E-state index is 12.3. The van der Waals surface area contributed by atoms with E-state index in [2.05, 4.69) is 15.3 Å². The molecule has 2 saturated heterocycles. The molecule has 2 aromatic rings. The molecule has 8 nitrogen and oxygen atoms in total. The van der Waals surface area contributed by atoms with E-state index >= 15 is 0 Å². The minimum atomic E-state index is -0.571. The fourth-order valence-electron chi connectivity index (χ4n) is 3.27. The molecule has 1 aromatic heterocycles. The van der Waals surface area contributed by atoms with E-state index in [1.54, 1.807) is 6.20 Å². The second kappa shape index (κ2) is 6.00. The lowest BCUT2D eigenvalue weighted by Crippen LogP contribution is -2.49. The van der Waals surface area contributed by atoms with Crippen molar-refractivity contribution in [1.29, 1.82) is 0 Å². The van der Waals surface area contributed by atoms with Gasteiger partial charge in [-0.2, -0.15) is 0 Å². The fourth-order valence-corrected chi connectivity index (χ4v) is 3.27. The number of aromatic nitrogens is 2. The number of rotatable bonds is 2. The second-order valence-corrected chi connectivity index (χ2v) is 7.80. The van der Waals surface area contributed by atoms with E-state index in [1.807, 2.05) is 39.8 Å². The summed E-state index contributed by atoms with van der Waals surface area (Å²) in [6, 6.07) is 3.23. The Kier molecular flexibility index (Phi) is 3.97. The van der Waals surface area contributed by atoms with Crippen LogP contribution in [0.15, 0.2) is 24.7 Å². The number of urea groups is 1. The zero-order valence-electron chi connectivity index (χ0n) is 15.8. The quantitative estimate of drug-likeness (QED) is 0.805. The predicted molar refractivity (Wildman–Crippen MR) is 101 cm³/mol. The molecule has 0 aliphatic carbocycles. The molecular weight excluding hydrogens is 347 g/mol. The van der Waals surface area contributed by atoms with Crippen LogP contribution in [0.4, 0.5) is 10.5 Å². The molecule has 2 aliphatic rings. The van der Waals surface area contributed by atoms with Gasteiger partial charge in [0.1, 0.15) is 6.33 Å². The zero-order valence-corrected chi connectivity index (χ0v) is 15.8. The van der Waals surface area contributed by atoms with Crippen LogP contribution in [0, 0.1) is 0 Å². The number of hydrogen-bond donors (Lipinski definition) is 1. The number of nitrogens with one attached hydrogen (secondary N) is 1. The van der Waals surface area contributed by atoms with Crippen LogP contribution in [0.3, 0.4) is 0 Å². The van der Waals surface area contributed by atoms with Crippen molar-refractivity contribution < 1.29 is 18.9 Å². The number of carbonyl (C=O) groups excluding carboxylic acids is 2. The molecule has 2 aliphatic heterocycles. The van der Waals surface area contributed by atoms with Gasteiger partial charge < -0.3 is 9.31 Å². The number of hydrogen-bond acceptors (Lipinski definition) is 6. The van der Waals surface area contributed by atoms with Crippen molar-refractivity contribution in [3.8, 4) is 0 Å². The lowest BCUT2D eigenvalue weighted by molar-refractivity contribution is -0.120. The van der Waals surface area contributed by atoms with E-state index in [-0.39, 0.29) is 12.3 Å². The molecule has 27 heavy (non-hydrogen) atoms. The van der Waals surface area contributed by atoms with Crippen LogP contribution in [0.25, 0.3) is 10.9 Å². The summed E-state index contributed by atoms with van der Waals surface area (Å²) in [4.78, 5) is 33.8. The fraction of sp³-hybridized carbons (Fsp3) is 0.444. The molecule has 2 fully saturated rings. The van der Waals surface area contributed by atoms with Crippen LogP contribution in [-0.2, 0) is 14.1 Å². The summed E-state index contributed by atoms with van der Waals surface area (Å²) in [6.07, 6.45) is 3.37.